The van der Waals surface area contributed by atoms with Crippen molar-refractivity contribution in [2.75, 3.05) is 49.9 Å². The van der Waals surface area contributed by atoms with Crippen LogP contribution in [0.3, 0.4) is 0 Å². The monoisotopic (exact) mass is 536 g/mol. The van der Waals surface area contributed by atoms with Crippen molar-refractivity contribution in [3.05, 3.63) is 54.1 Å². The lowest BCUT2D eigenvalue weighted by molar-refractivity contribution is -0.118. The minimum absolute atomic E-state index is 0.0861. The van der Waals surface area contributed by atoms with E-state index in [1.165, 1.54) is 24.3 Å². The van der Waals surface area contributed by atoms with Gasteiger partial charge >= 0.3 is 0 Å². The number of ether oxygens (including phenoxy) is 2. The normalized spacial score (nSPS) is 15.2. The summed E-state index contributed by atoms with van der Waals surface area (Å²) in [7, 11) is 4.25. The van der Waals surface area contributed by atoms with E-state index in [0.717, 1.165) is 48.2 Å². The van der Waals surface area contributed by atoms with Gasteiger partial charge in [0.1, 0.15) is 17.3 Å². The highest BCUT2D eigenvalue weighted by Crippen LogP contribution is 2.52. The van der Waals surface area contributed by atoms with Crippen LogP contribution in [-0.2, 0) is 4.79 Å². The Balaban J connectivity index is 1.33. The van der Waals surface area contributed by atoms with Crippen molar-refractivity contribution in [3.63, 3.8) is 0 Å². The third-order valence-electron chi connectivity index (χ3n) is 6.36. The Hall–Kier alpha value is -3.18. The molecule has 1 fully saturated rings. The van der Waals surface area contributed by atoms with Crippen LogP contribution >= 0.6 is 11.2 Å². The number of nitrogens with zero attached hydrogens (tertiary/aromatic N) is 3. The molecule has 1 saturated heterocycles. The van der Waals surface area contributed by atoms with E-state index in [2.05, 4.69) is 35.3 Å². The van der Waals surface area contributed by atoms with E-state index in [1.54, 1.807) is 0 Å². The molecule has 11 heteroatoms. The Bertz CT molecular complexity index is 1230. The Morgan fingerprint density at radius 1 is 1.05 bits per heavy atom. The summed E-state index contributed by atoms with van der Waals surface area (Å²) in [6.45, 7) is 3.74. The molecule has 1 aliphatic rings. The van der Waals surface area contributed by atoms with Gasteiger partial charge in [0.15, 0.2) is 12.5 Å². The van der Waals surface area contributed by atoms with E-state index < -0.39 is 17.1 Å². The maximum Gasteiger partial charge on any atom is 0.262 e. The summed E-state index contributed by atoms with van der Waals surface area (Å²) in [5, 5.41) is 3.78. The molecule has 0 atom stereocenters. The van der Waals surface area contributed by atoms with Gasteiger partial charge in [-0.15, -0.1) is 11.7 Å². The molecule has 7 nitrogen and oxygen atoms in total. The Morgan fingerprint density at radius 3 is 2.32 bits per heavy atom. The number of piperidine rings is 1. The number of fused-ring (bicyclic) bond motifs is 1. The minimum atomic E-state index is -5.23. The molecule has 37 heavy (non-hydrogen) atoms. The molecule has 1 N–H and O–H groups in total. The zero-order valence-electron chi connectivity index (χ0n) is 21.0. The van der Waals surface area contributed by atoms with Gasteiger partial charge in [0.2, 0.25) is 11.2 Å². The molecule has 0 spiro atoms. The fourth-order valence-corrected chi connectivity index (χ4v) is 4.61. The SMILES string of the molecule is Cc1cc(N2CCC(N(C)C)CC2)nc2ccc(NC(=O)COc3ccc(OCS(F)(F)F)cc3)cc12. The number of halogens is 3. The van der Waals surface area contributed by atoms with Crippen molar-refractivity contribution in [2.24, 2.45) is 0 Å². The number of hydrogen-bond acceptors (Lipinski definition) is 6. The fraction of sp³-hybridized carbons (Fsp3) is 0.385. The first kappa shape index (κ1) is 26.9. The second-order valence-electron chi connectivity index (χ2n) is 9.28. The Kier molecular flexibility index (Phi) is 8.33. The zero-order valence-corrected chi connectivity index (χ0v) is 21.9. The number of hydrogen-bond donors (Lipinski definition) is 1. The minimum Gasteiger partial charge on any atom is -0.484 e. The summed E-state index contributed by atoms with van der Waals surface area (Å²) in [4.78, 5) is 21.9. The van der Waals surface area contributed by atoms with Crippen molar-refractivity contribution in [3.8, 4) is 11.5 Å². The molecule has 2 aromatic carbocycles. The summed E-state index contributed by atoms with van der Waals surface area (Å²) in [6, 6.07) is 14.0. The number of carbonyl (C=O) groups excluding carboxylic acids is 1. The van der Waals surface area contributed by atoms with Gasteiger partial charge in [-0.2, -0.15) is 0 Å². The van der Waals surface area contributed by atoms with Gasteiger partial charge in [0.05, 0.1) is 5.52 Å². The molecule has 200 valence electrons. The van der Waals surface area contributed by atoms with Gasteiger partial charge in [0, 0.05) is 30.2 Å². The van der Waals surface area contributed by atoms with Gasteiger partial charge in [-0.25, -0.2) is 4.98 Å². The summed E-state index contributed by atoms with van der Waals surface area (Å²) in [5.41, 5.74) is 2.58. The van der Waals surface area contributed by atoms with Crippen LogP contribution in [0.4, 0.5) is 23.2 Å². The highest BCUT2D eigenvalue weighted by Gasteiger charge is 2.23. The number of pyridine rings is 1. The quantitative estimate of drug-likeness (QED) is 0.368. The van der Waals surface area contributed by atoms with Gasteiger partial charge in [-0.1, -0.05) is 0 Å². The van der Waals surface area contributed by atoms with Gasteiger partial charge < -0.3 is 24.6 Å². The van der Waals surface area contributed by atoms with E-state index >= 15 is 0 Å². The molecule has 0 saturated carbocycles. The van der Waals surface area contributed by atoms with Crippen LogP contribution in [0.25, 0.3) is 10.9 Å². The molecule has 2 heterocycles. The molecule has 1 aromatic heterocycles. The maximum atomic E-state index is 12.4. The standard InChI is InChI=1S/C26H31F3N4O3S/c1-18-14-25(33-12-10-20(11-13-33)32(2)3)31-24-9-4-19(15-23(18)24)30-26(34)16-35-21-5-7-22(8-6-21)36-17-37(27,28)29/h4-9,14-15,20H,10-13,16-17H2,1-3H3,(H,30,34). The smallest absolute Gasteiger partial charge is 0.262 e. The number of benzene rings is 2. The van der Waals surface area contributed by atoms with Crippen LogP contribution in [0.1, 0.15) is 18.4 Å². The van der Waals surface area contributed by atoms with E-state index in [0.29, 0.717) is 17.5 Å². The highest BCUT2D eigenvalue weighted by molar-refractivity contribution is 8.20. The first-order valence-electron chi connectivity index (χ1n) is 12.0. The third kappa shape index (κ3) is 7.42. The lowest BCUT2D eigenvalue weighted by atomic mass is 10.0. The maximum absolute atomic E-state index is 12.4. The topological polar surface area (TPSA) is 66.9 Å². The molecule has 3 aromatic rings. The second-order valence-corrected chi connectivity index (χ2v) is 10.5. The van der Waals surface area contributed by atoms with Crippen molar-refractivity contribution in [1.29, 1.82) is 0 Å². The molecule has 1 amide bonds. The number of carbonyl (C=O) groups is 1. The van der Waals surface area contributed by atoms with Gasteiger partial charge in [0.25, 0.3) is 5.91 Å². The predicted octanol–water partition coefficient (Wildman–Crippen LogP) is 5.89. The van der Waals surface area contributed by atoms with Crippen LogP contribution in [0.5, 0.6) is 11.5 Å². The number of nitrogens with one attached hydrogen (secondary N) is 1. The molecule has 0 radical (unpaired) electrons. The van der Waals surface area contributed by atoms with Crippen molar-refractivity contribution < 1.29 is 25.9 Å². The predicted molar refractivity (Wildman–Crippen MR) is 142 cm³/mol. The van der Waals surface area contributed by atoms with Gasteiger partial charge in [-0.05, 0) is 88.0 Å². The molecule has 4 rings (SSSR count). The fourth-order valence-electron chi connectivity index (χ4n) is 4.34. The van der Waals surface area contributed by atoms with Crippen LogP contribution in [-0.4, -0.2) is 61.6 Å². The van der Waals surface area contributed by atoms with Crippen molar-refractivity contribution in [1.82, 2.24) is 9.88 Å². The lowest BCUT2D eigenvalue weighted by Crippen LogP contribution is -2.42. The number of amides is 1. The summed E-state index contributed by atoms with van der Waals surface area (Å²) < 4.78 is 47.1. The molecule has 0 aliphatic carbocycles. The van der Waals surface area contributed by atoms with Crippen molar-refractivity contribution in [2.45, 2.75) is 25.8 Å². The summed E-state index contributed by atoms with van der Waals surface area (Å²) in [5.74, 6) is -0.229. The van der Waals surface area contributed by atoms with Crippen LogP contribution in [0.2, 0.25) is 0 Å². The molecule has 0 unspecified atom stereocenters. The average molecular weight is 537 g/mol. The van der Waals surface area contributed by atoms with Crippen LogP contribution in [0.15, 0.2) is 48.5 Å². The number of anilines is 2. The molecule has 1 aliphatic heterocycles. The molecule has 0 bridgehead atoms. The Morgan fingerprint density at radius 2 is 1.70 bits per heavy atom. The third-order valence-corrected chi connectivity index (χ3v) is 6.74. The molecular formula is C26H31F3N4O3S. The lowest BCUT2D eigenvalue weighted by Gasteiger charge is -2.36. The largest absolute Gasteiger partial charge is 0.484 e. The first-order valence-corrected chi connectivity index (χ1v) is 13.5. The first-order chi connectivity index (χ1) is 17.6. The van der Waals surface area contributed by atoms with Crippen molar-refractivity contribution >= 4 is 39.5 Å². The second kappa shape index (κ2) is 11.5. The van der Waals surface area contributed by atoms with Gasteiger partial charge in [-0.3, -0.25) is 4.79 Å². The average Bonchev–Trinajstić information content (AvgIpc) is 2.86. The zero-order chi connectivity index (χ0) is 26.6. The highest BCUT2D eigenvalue weighted by atomic mass is 32.3. The summed E-state index contributed by atoms with van der Waals surface area (Å²) >= 11 is -5.23. The van der Waals surface area contributed by atoms with E-state index in [9.17, 15) is 16.5 Å². The van der Waals surface area contributed by atoms with E-state index in [-0.39, 0.29) is 18.3 Å². The van der Waals surface area contributed by atoms with Crippen LogP contribution < -0.4 is 19.7 Å². The van der Waals surface area contributed by atoms with E-state index in [4.69, 9.17) is 14.5 Å². The Labute approximate surface area is 216 Å². The number of aryl methyl sites for hydroxylation is 1. The number of rotatable bonds is 9. The number of aromatic nitrogens is 1. The van der Waals surface area contributed by atoms with E-state index in [1.807, 2.05) is 25.1 Å². The van der Waals surface area contributed by atoms with Crippen LogP contribution in [0, 0.1) is 6.92 Å². The molecular weight excluding hydrogens is 505 g/mol. The summed E-state index contributed by atoms with van der Waals surface area (Å²) in [6.07, 6.45) is 2.21.